The van der Waals surface area contributed by atoms with Crippen molar-refractivity contribution in [2.75, 3.05) is 0 Å². The quantitative estimate of drug-likeness (QED) is 0.399. The molecule has 0 N–H and O–H groups in total. The van der Waals surface area contributed by atoms with E-state index >= 15 is 0 Å². The van der Waals surface area contributed by atoms with Crippen molar-refractivity contribution in [2.24, 2.45) is 5.92 Å². The molecule has 18 heavy (non-hydrogen) atoms. The normalized spacial score (nSPS) is 15.4. The van der Waals surface area contributed by atoms with Crippen molar-refractivity contribution in [3.63, 3.8) is 0 Å². The first kappa shape index (κ1) is 17.2. The van der Waals surface area contributed by atoms with E-state index in [0.29, 0.717) is 0 Å². The van der Waals surface area contributed by atoms with E-state index in [0.717, 1.165) is 12.5 Å². The number of halogens is 6. The molecule has 0 spiro atoms. The van der Waals surface area contributed by atoms with Crippen molar-refractivity contribution >= 4 is 7.81 Å². The molecule has 0 atom stereocenters. The number of aromatic nitrogens is 1. The van der Waals surface area contributed by atoms with Crippen LogP contribution < -0.4 is 4.57 Å². The summed E-state index contributed by atoms with van der Waals surface area (Å²) < 4.78 is 61.4. The first-order valence-corrected chi connectivity index (χ1v) is 7.27. The van der Waals surface area contributed by atoms with Gasteiger partial charge in [-0.05, 0) is 5.92 Å². The second-order valence-electron chi connectivity index (χ2n) is 4.25. The van der Waals surface area contributed by atoms with Gasteiger partial charge in [-0.15, -0.1) is 0 Å². The predicted octanol–water partition coefficient (Wildman–Crippen LogP) is 5.40. The number of aryl methyl sites for hydroxylation is 1. The fourth-order valence-electron chi connectivity index (χ4n) is 0.991. The Balaban J connectivity index is 0.000000360. The molecule has 108 valence electrons. The first-order valence-electron chi connectivity index (χ1n) is 5.24. The third kappa shape index (κ3) is 20.6. The topological polar surface area (TPSA) is 3.88 Å². The van der Waals surface area contributed by atoms with Crippen LogP contribution in [0, 0.1) is 5.92 Å². The zero-order valence-electron chi connectivity index (χ0n) is 10.0. The summed E-state index contributed by atoms with van der Waals surface area (Å²) in [6, 6.07) is 6.19. The predicted molar refractivity (Wildman–Crippen MR) is 59.7 cm³/mol. The van der Waals surface area contributed by atoms with Crippen LogP contribution in [0.3, 0.4) is 0 Å². The van der Waals surface area contributed by atoms with Crippen LogP contribution in [-0.2, 0) is 6.54 Å². The Morgan fingerprint density at radius 1 is 0.889 bits per heavy atom. The molecule has 1 aromatic heterocycles. The molecular weight excluding hydrogens is 279 g/mol. The molecule has 1 heterocycles. The molecule has 0 saturated heterocycles. The van der Waals surface area contributed by atoms with Crippen LogP contribution in [0.15, 0.2) is 30.6 Å². The van der Waals surface area contributed by atoms with E-state index in [1.165, 1.54) is 6.42 Å². The van der Waals surface area contributed by atoms with Crippen molar-refractivity contribution in [1.82, 2.24) is 0 Å². The third-order valence-corrected chi connectivity index (χ3v) is 1.74. The molecule has 8 heteroatoms. The van der Waals surface area contributed by atoms with Crippen molar-refractivity contribution in [3.05, 3.63) is 30.6 Å². The molecule has 0 aliphatic heterocycles. The molecule has 0 aromatic carbocycles. The van der Waals surface area contributed by atoms with Gasteiger partial charge in [0.25, 0.3) is 0 Å². The molecule has 0 fully saturated rings. The van der Waals surface area contributed by atoms with Crippen LogP contribution >= 0.6 is 7.81 Å². The molecule has 0 bridgehead atoms. The van der Waals surface area contributed by atoms with Crippen LogP contribution in [0.25, 0.3) is 0 Å². The molecule has 0 unspecified atom stereocenters. The van der Waals surface area contributed by atoms with Crippen LogP contribution in [-0.4, -0.2) is 0 Å². The minimum absolute atomic E-state index is 0.794. The van der Waals surface area contributed by atoms with Gasteiger partial charge in [0.2, 0.25) is 0 Å². The molecule has 0 saturated carbocycles. The Morgan fingerprint density at radius 2 is 1.28 bits per heavy atom. The summed E-state index contributed by atoms with van der Waals surface area (Å²) >= 11 is 0. The van der Waals surface area contributed by atoms with E-state index in [-0.39, 0.29) is 0 Å². The summed E-state index contributed by atoms with van der Waals surface area (Å²) in [5.74, 6) is 0.794. The first-order chi connectivity index (χ1) is 7.74. The number of nitrogens with zero attached hydrogens (tertiary/aromatic N) is 1. The van der Waals surface area contributed by atoms with Crippen LogP contribution in [0.2, 0.25) is 0 Å². The molecule has 1 aromatic rings. The van der Waals surface area contributed by atoms with Crippen LogP contribution in [0.1, 0.15) is 20.3 Å². The molecule has 0 amide bonds. The van der Waals surface area contributed by atoms with Gasteiger partial charge in [-0.1, -0.05) is 19.9 Å². The summed E-state index contributed by atoms with van der Waals surface area (Å²) in [5.41, 5.74) is 0. The molecule has 0 radical (unpaired) electrons. The summed E-state index contributed by atoms with van der Waals surface area (Å²) in [7, 11) is -10.7. The molecule has 1 nitrogen and oxygen atoms in total. The van der Waals surface area contributed by atoms with Gasteiger partial charge in [0.1, 0.15) is 6.54 Å². The maximum absolute atomic E-state index is 10.7. The maximum atomic E-state index is 9.87. The Bertz CT molecular complexity index is 346. The fourth-order valence-corrected chi connectivity index (χ4v) is 0.991. The second-order valence-corrected chi connectivity index (χ2v) is 6.17. The van der Waals surface area contributed by atoms with Gasteiger partial charge in [0.15, 0.2) is 12.4 Å². The third-order valence-electron chi connectivity index (χ3n) is 1.74. The van der Waals surface area contributed by atoms with Crippen molar-refractivity contribution in [2.45, 2.75) is 26.8 Å². The number of pyridine rings is 1. The van der Waals surface area contributed by atoms with Crippen molar-refractivity contribution in [1.29, 1.82) is 0 Å². The van der Waals surface area contributed by atoms with Gasteiger partial charge in [-0.3, -0.25) is 0 Å². The Kier molecular flexibility index (Phi) is 4.80. The van der Waals surface area contributed by atoms with Crippen molar-refractivity contribution in [3.8, 4) is 0 Å². The van der Waals surface area contributed by atoms with E-state index in [1.807, 2.05) is 6.07 Å². The van der Waals surface area contributed by atoms with E-state index in [4.69, 9.17) is 0 Å². The molecule has 1 rings (SSSR count). The minimum atomic E-state index is -10.7. The average Bonchev–Trinajstić information content (AvgIpc) is 2.11. The van der Waals surface area contributed by atoms with Gasteiger partial charge in [0.05, 0.1) is 0 Å². The zero-order chi connectivity index (χ0) is 14.5. The van der Waals surface area contributed by atoms with E-state index in [2.05, 4.69) is 42.9 Å². The van der Waals surface area contributed by atoms with E-state index < -0.39 is 7.81 Å². The van der Waals surface area contributed by atoms with Gasteiger partial charge >= 0.3 is 33.0 Å². The summed E-state index contributed by atoms with van der Waals surface area (Å²) in [5, 5.41) is 0. The van der Waals surface area contributed by atoms with Gasteiger partial charge in [-0.25, -0.2) is 4.57 Å². The van der Waals surface area contributed by atoms with Gasteiger partial charge in [-0.2, -0.15) is 0 Å². The number of hydrogen-bond donors (Lipinski definition) is 0. The average molecular weight is 295 g/mol. The van der Waals surface area contributed by atoms with E-state index in [9.17, 15) is 25.2 Å². The fraction of sp³-hybridized carbons (Fsp3) is 0.500. The summed E-state index contributed by atoms with van der Waals surface area (Å²) in [4.78, 5) is 0. The Hall–Kier alpha value is -0.840. The SMILES string of the molecule is CC(C)CC[n+]1ccccc1.F[P-](F)(F)(F)(F)F. The zero-order valence-corrected chi connectivity index (χ0v) is 10.9. The van der Waals surface area contributed by atoms with Crippen molar-refractivity contribution < 1.29 is 29.7 Å². The van der Waals surface area contributed by atoms with Crippen LogP contribution in [0.4, 0.5) is 25.2 Å². The summed E-state index contributed by atoms with van der Waals surface area (Å²) in [6.07, 6.45) is 5.49. The Labute approximate surface area is 102 Å². The standard InChI is InChI=1S/C10H16N.F6P/c1-10(2)6-9-11-7-4-3-5-8-11;1-7(2,3,4,5)6/h3-5,7-8,10H,6,9H2,1-2H3;/q+1;-1. The monoisotopic (exact) mass is 295 g/mol. The molecule has 0 aliphatic rings. The van der Waals surface area contributed by atoms with E-state index in [1.54, 1.807) is 0 Å². The summed E-state index contributed by atoms with van der Waals surface area (Å²) in [6.45, 7) is 5.64. The van der Waals surface area contributed by atoms with Gasteiger partial charge in [0, 0.05) is 18.6 Å². The van der Waals surface area contributed by atoms with Crippen LogP contribution in [0.5, 0.6) is 0 Å². The molecular formula is C10H16F6NP. The Morgan fingerprint density at radius 3 is 1.61 bits per heavy atom. The van der Waals surface area contributed by atoms with Gasteiger partial charge < -0.3 is 0 Å². The number of hydrogen-bond acceptors (Lipinski definition) is 0. The number of rotatable bonds is 3. The molecule has 0 aliphatic carbocycles. The second kappa shape index (κ2) is 5.03.